The van der Waals surface area contributed by atoms with Crippen molar-refractivity contribution in [3.8, 4) is 11.5 Å². The number of esters is 2. The van der Waals surface area contributed by atoms with Gasteiger partial charge >= 0.3 is 48.8 Å². The summed E-state index contributed by atoms with van der Waals surface area (Å²) in [6.07, 6.45) is -20.1. The minimum absolute atomic E-state index is 0.00223. The van der Waals surface area contributed by atoms with E-state index >= 15 is 0 Å². The summed E-state index contributed by atoms with van der Waals surface area (Å²) in [5, 5.41) is 18.2. The van der Waals surface area contributed by atoms with Crippen LogP contribution in [-0.4, -0.2) is 131 Å². The number of ether oxygens (including phenoxy) is 5. The van der Waals surface area contributed by atoms with Gasteiger partial charge in [0, 0.05) is 44.2 Å². The molecule has 0 saturated carbocycles. The number of carbonyl (C=O) groups excluding carboxylic acids is 6. The minimum Gasteiger partial charge on any atom is -0.508 e. The monoisotopic (exact) mass is 1370 g/mol. The normalized spacial score (nSPS) is 13.5. The number of benzene rings is 4. The van der Waals surface area contributed by atoms with Gasteiger partial charge in [-0.1, -0.05) is 12.1 Å². The van der Waals surface area contributed by atoms with E-state index in [4.69, 9.17) is 28.8 Å². The fourth-order valence-electron chi connectivity index (χ4n) is 9.42. The van der Waals surface area contributed by atoms with Gasteiger partial charge in [0.15, 0.2) is 0 Å². The Morgan fingerprint density at radius 1 is 0.474 bits per heavy atom. The highest BCUT2D eigenvalue weighted by atomic mass is 19.4. The first kappa shape index (κ1) is 79.5. The van der Waals surface area contributed by atoms with Crippen LogP contribution in [-0.2, 0) is 88.5 Å². The molecule has 0 radical (unpaired) electrons. The second kappa shape index (κ2) is 32.2. The predicted octanol–water partition coefficient (Wildman–Crippen LogP) is 14.5. The number of fused-ring (bicyclic) bond motifs is 2. The number of anilines is 2. The second-order valence-corrected chi connectivity index (χ2v) is 26.2. The van der Waals surface area contributed by atoms with Crippen LogP contribution in [0.3, 0.4) is 0 Å². The maximum absolute atomic E-state index is 13.4. The van der Waals surface area contributed by atoms with E-state index in [0.717, 1.165) is 28.2 Å². The Morgan fingerprint density at radius 3 is 1.22 bits per heavy atom. The van der Waals surface area contributed by atoms with Crippen molar-refractivity contribution < 1.29 is 115 Å². The Balaban J connectivity index is 0.000000339. The second-order valence-electron chi connectivity index (χ2n) is 26.2. The summed E-state index contributed by atoms with van der Waals surface area (Å²) in [4.78, 5) is 81.7. The summed E-state index contributed by atoms with van der Waals surface area (Å²) in [5.74, 6) is -1.10. The number of aliphatic hydroxyl groups excluding tert-OH is 1. The van der Waals surface area contributed by atoms with E-state index in [1.165, 1.54) is 15.9 Å². The van der Waals surface area contributed by atoms with E-state index in [9.17, 15) is 86.6 Å². The molecule has 0 atom stereocenters. The molecule has 95 heavy (non-hydrogen) atoms. The number of rotatable bonds is 18. The molecule has 2 N–H and O–H groups in total. The van der Waals surface area contributed by atoms with Crippen molar-refractivity contribution in [3.63, 3.8) is 0 Å². The van der Waals surface area contributed by atoms with Gasteiger partial charge in [-0.2, -0.15) is 52.7 Å². The van der Waals surface area contributed by atoms with Crippen LogP contribution in [0.15, 0.2) is 72.8 Å². The summed E-state index contributed by atoms with van der Waals surface area (Å²) in [7, 11) is 0. The van der Waals surface area contributed by atoms with E-state index in [1.54, 1.807) is 118 Å². The largest absolute Gasteiger partial charge is 0.508 e. The summed E-state index contributed by atoms with van der Waals surface area (Å²) in [5.41, 5.74) is -5.78. The van der Waals surface area contributed by atoms with E-state index in [2.05, 4.69) is 0 Å². The third-order valence-corrected chi connectivity index (χ3v) is 13.4. The number of aryl methyl sites for hydroxylation is 2. The van der Waals surface area contributed by atoms with Gasteiger partial charge in [0.2, 0.25) is 11.8 Å². The van der Waals surface area contributed by atoms with E-state index < -0.39 is 99.4 Å². The zero-order chi connectivity index (χ0) is 72.0. The van der Waals surface area contributed by atoms with Crippen LogP contribution in [0.2, 0.25) is 0 Å². The number of halogens is 12. The Hall–Kier alpha value is -7.98. The topological polar surface area (TPSA) is 202 Å². The van der Waals surface area contributed by atoms with Gasteiger partial charge in [0.1, 0.15) is 47.0 Å². The third-order valence-electron chi connectivity index (χ3n) is 13.4. The molecule has 0 aromatic heterocycles. The minimum atomic E-state index is -4.94. The molecule has 0 unspecified atom stereocenters. The Kier molecular flexibility index (Phi) is 26.9. The SMILES string of the molecule is CC(C)(C)OC(=O)CCN(CC(=O)N1CCc2cc(O)ccc21)C(=O)OC(C)(C)C.CC(C)(C)OC(=O)CCN(CC(=O)N1CCc2cc(OCCCc3ccc(C(F)(F)F)cc3C(F)(F)F)ccc21)C(=O)OC(C)(C)C.OCCCc1ccc(C(F)(F)F)cc1C(F)(F)F. The molecule has 528 valence electrons. The van der Waals surface area contributed by atoms with Gasteiger partial charge < -0.3 is 43.7 Å². The van der Waals surface area contributed by atoms with Gasteiger partial charge in [-0.15, -0.1) is 0 Å². The molecule has 0 saturated heterocycles. The zero-order valence-electron chi connectivity index (χ0n) is 55.0. The summed E-state index contributed by atoms with van der Waals surface area (Å²) in [6.45, 7) is 20.5. The van der Waals surface area contributed by atoms with Crippen LogP contribution in [0, 0.1) is 0 Å². The van der Waals surface area contributed by atoms with E-state index in [0.29, 0.717) is 55.2 Å². The first-order valence-electron chi connectivity index (χ1n) is 30.2. The highest BCUT2D eigenvalue weighted by molar-refractivity contribution is 5.99. The van der Waals surface area contributed by atoms with Crippen molar-refractivity contribution in [3.05, 3.63) is 117 Å². The standard InChI is InChI=1S/C33H40F6N2O6.C22H32N2O6.C11H10F6O/c1-30(2,3)46-28(43)14-15-40(29(44)47-31(4,5)6)20-27(42)41-16-13-22-18-24(11-12-26(22)41)45-17-7-8-21-9-10-23(32(34,35)36)19-25(21)33(37,38)39;1-21(2,3)29-19(27)10-11-23(20(28)30-22(4,5)6)14-18(26)24-12-9-15-13-16(25)7-8-17(15)24;12-10(13,14)8-4-3-7(2-1-5-18)9(6-8)11(15,16)17/h9-12,18-19H,7-8,13-17,20H2,1-6H3;7-8,13,25H,9-12,14H2,1-6H3;3-4,6,18H,1-2,5H2. The molecule has 0 aliphatic carbocycles. The van der Waals surface area contributed by atoms with Crippen LogP contribution in [0.25, 0.3) is 0 Å². The average Bonchev–Trinajstić information content (AvgIpc) is 1.69. The number of nitrogens with zero attached hydrogens (tertiary/aromatic N) is 4. The molecule has 0 fully saturated rings. The lowest BCUT2D eigenvalue weighted by Gasteiger charge is -2.29. The lowest BCUT2D eigenvalue weighted by atomic mass is 9.99. The molecule has 17 nitrogen and oxygen atoms in total. The molecular weight excluding hydrogens is 1280 g/mol. The van der Waals surface area contributed by atoms with Crippen LogP contribution in [0.5, 0.6) is 11.5 Å². The molecule has 29 heteroatoms. The fourth-order valence-corrected chi connectivity index (χ4v) is 9.42. The molecule has 2 aliphatic rings. The quantitative estimate of drug-likeness (QED) is 0.0413. The maximum Gasteiger partial charge on any atom is 0.416 e. The van der Waals surface area contributed by atoms with Crippen LogP contribution in [0.4, 0.5) is 73.6 Å². The van der Waals surface area contributed by atoms with Gasteiger partial charge in [0.25, 0.3) is 0 Å². The predicted molar refractivity (Wildman–Crippen MR) is 325 cm³/mol. The van der Waals surface area contributed by atoms with Crippen LogP contribution < -0.4 is 14.5 Å². The maximum atomic E-state index is 13.4. The van der Waals surface area contributed by atoms with Gasteiger partial charge in [-0.3, -0.25) is 29.0 Å². The van der Waals surface area contributed by atoms with Gasteiger partial charge in [0.05, 0.1) is 41.7 Å². The third kappa shape index (κ3) is 26.6. The number of alkyl halides is 12. The Bertz CT molecular complexity index is 3300. The van der Waals surface area contributed by atoms with Gasteiger partial charge in [-0.05, 0) is 205 Å². The van der Waals surface area contributed by atoms with Gasteiger partial charge in [-0.25, -0.2) is 9.59 Å². The molecule has 0 spiro atoms. The molecular formula is C66H82F12N4O13. The number of aromatic hydroxyl groups is 1. The number of phenolic OH excluding ortho intramolecular Hbond substituents is 1. The van der Waals surface area contributed by atoms with E-state index in [-0.39, 0.29) is 113 Å². The molecule has 4 aromatic carbocycles. The summed E-state index contributed by atoms with van der Waals surface area (Å²) < 4.78 is 181. The zero-order valence-corrected chi connectivity index (χ0v) is 55.0. The smallest absolute Gasteiger partial charge is 0.416 e. The number of hydrogen-bond acceptors (Lipinski definition) is 13. The number of hydrogen-bond donors (Lipinski definition) is 2. The first-order chi connectivity index (χ1) is 43.4. The van der Waals surface area contributed by atoms with Crippen molar-refractivity contribution in [2.75, 3.05) is 62.3 Å². The number of aliphatic hydroxyl groups is 1. The van der Waals surface area contributed by atoms with Crippen LogP contribution >= 0.6 is 0 Å². The Morgan fingerprint density at radius 2 is 0.853 bits per heavy atom. The molecule has 2 heterocycles. The molecule has 4 aromatic rings. The summed E-state index contributed by atoms with van der Waals surface area (Å²) >= 11 is 0. The number of phenols is 1. The molecule has 4 amide bonds. The van der Waals surface area contributed by atoms with E-state index in [1.807, 2.05) is 0 Å². The molecule has 2 aliphatic heterocycles. The highest BCUT2D eigenvalue weighted by Crippen LogP contribution is 2.40. The Labute approximate surface area is 543 Å². The number of carbonyl (C=O) groups is 6. The molecule has 6 rings (SSSR count). The first-order valence-corrected chi connectivity index (χ1v) is 30.2. The number of amides is 4. The fraction of sp³-hybridized carbons (Fsp3) is 0.545. The van der Waals surface area contributed by atoms with Crippen molar-refractivity contribution in [2.24, 2.45) is 0 Å². The lowest BCUT2D eigenvalue weighted by molar-refractivity contribution is -0.156. The summed E-state index contributed by atoms with van der Waals surface area (Å²) in [6, 6.07) is 12.9. The molecule has 0 bridgehead atoms. The van der Waals surface area contributed by atoms with Crippen molar-refractivity contribution in [1.29, 1.82) is 0 Å². The lowest BCUT2D eigenvalue weighted by Crippen LogP contribution is -2.45. The van der Waals surface area contributed by atoms with Crippen molar-refractivity contribution >= 4 is 47.3 Å². The average molecular weight is 1370 g/mol. The van der Waals surface area contributed by atoms with Crippen LogP contribution in [0.1, 0.15) is 153 Å². The van der Waals surface area contributed by atoms with Crippen molar-refractivity contribution in [1.82, 2.24) is 9.80 Å². The van der Waals surface area contributed by atoms with Crippen molar-refractivity contribution in [2.45, 2.75) is 182 Å². The highest BCUT2D eigenvalue weighted by Gasteiger charge is 2.40.